The van der Waals surface area contributed by atoms with Crippen LogP contribution in [-0.2, 0) is 13.2 Å². The molecule has 1 aliphatic rings. The molecule has 1 aromatic carbocycles. The number of fused-ring (bicyclic) bond motifs is 1. The molecule has 22 heavy (non-hydrogen) atoms. The molecule has 116 valence electrons. The Morgan fingerprint density at radius 3 is 3.00 bits per heavy atom. The largest absolute Gasteiger partial charge is 0.473 e. The van der Waals surface area contributed by atoms with Gasteiger partial charge in [0.25, 0.3) is 0 Å². The Balaban J connectivity index is 1.83. The summed E-state index contributed by atoms with van der Waals surface area (Å²) < 4.78 is 20.4. The maximum absolute atomic E-state index is 13.1. The minimum atomic E-state index is -0.314. The van der Waals surface area contributed by atoms with Crippen LogP contribution in [0.4, 0.5) is 10.2 Å². The first-order chi connectivity index (χ1) is 10.5. The van der Waals surface area contributed by atoms with E-state index >= 15 is 0 Å². The minimum absolute atomic E-state index is 0.174. The number of benzene rings is 1. The molecular weight excluding hydrogens is 285 g/mol. The van der Waals surface area contributed by atoms with Crippen LogP contribution in [0.3, 0.4) is 0 Å². The van der Waals surface area contributed by atoms with Crippen molar-refractivity contribution in [3.63, 3.8) is 0 Å². The molecule has 0 bridgehead atoms. The van der Waals surface area contributed by atoms with Gasteiger partial charge in [-0.15, -0.1) is 0 Å². The number of nitrogens with zero attached hydrogens (tertiary/aromatic N) is 3. The molecule has 1 atom stereocenters. The second-order valence-corrected chi connectivity index (χ2v) is 5.55. The molecule has 0 saturated carbocycles. The fourth-order valence-electron chi connectivity index (χ4n) is 2.57. The third-order valence-corrected chi connectivity index (χ3v) is 4.03. The normalized spacial score (nSPS) is 17.2. The van der Waals surface area contributed by atoms with Crippen molar-refractivity contribution in [3.8, 4) is 5.88 Å². The number of anilines is 1. The topological polar surface area (TPSA) is 47.4 Å². The number of hydrogen-bond acceptors (Lipinski definition) is 4. The Morgan fingerprint density at radius 1 is 1.41 bits per heavy atom. The lowest BCUT2D eigenvalue weighted by molar-refractivity contribution is 0.289. The van der Waals surface area contributed by atoms with Crippen molar-refractivity contribution in [3.05, 3.63) is 52.2 Å². The van der Waals surface area contributed by atoms with E-state index < -0.39 is 0 Å². The molecule has 2 aromatic rings. The van der Waals surface area contributed by atoms with Crippen molar-refractivity contribution >= 4 is 5.82 Å². The van der Waals surface area contributed by atoms with E-state index in [1.807, 2.05) is 11.9 Å². The first kappa shape index (κ1) is 14.6. The van der Waals surface area contributed by atoms with Crippen LogP contribution in [0.2, 0.25) is 0 Å². The first-order valence-electron chi connectivity index (χ1n) is 7.26. The van der Waals surface area contributed by atoms with E-state index in [1.165, 1.54) is 12.1 Å². The van der Waals surface area contributed by atoms with Crippen molar-refractivity contribution in [2.24, 2.45) is 0 Å². The van der Waals surface area contributed by atoms with Gasteiger partial charge in [-0.2, -0.15) is 4.98 Å². The summed E-state index contributed by atoms with van der Waals surface area (Å²) in [6.07, 6.45) is 0.911. The molecule has 1 aromatic heterocycles. The Kier molecular flexibility index (Phi) is 3.83. The third kappa shape index (κ3) is 2.81. The highest BCUT2D eigenvalue weighted by Gasteiger charge is 2.22. The van der Waals surface area contributed by atoms with Crippen LogP contribution in [0.1, 0.15) is 18.9 Å². The Morgan fingerprint density at radius 2 is 2.23 bits per heavy atom. The van der Waals surface area contributed by atoms with Crippen molar-refractivity contribution in [1.82, 2.24) is 9.55 Å². The molecule has 5 nitrogen and oxygen atoms in total. The summed E-state index contributed by atoms with van der Waals surface area (Å²) in [5.41, 5.74) is 0.381. The molecule has 3 rings (SSSR count). The van der Waals surface area contributed by atoms with Crippen LogP contribution >= 0.6 is 0 Å². The number of halogens is 1. The highest BCUT2D eigenvalue weighted by molar-refractivity contribution is 5.43. The van der Waals surface area contributed by atoms with E-state index in [0.717, 1.165) is 12.2 Å². The molecule has 1 aliphatic heterocycles. The van der Waals surface area contributed by atoms with Gasteiger partial charge in [0, 0.05) is 25.7 Å². The van der Waals surface area contributed by atoms with Gasteiger partial charge in [-0.25, -0.2) is 9.18 Å². The lowest BCUT2D eigenvalue weighted by atomic mass is 10.1. The standard InChI is InChI=1S/C16H18FN3O2/c1-11-6-7-20-15(19(11)2)9-14(18-16(20)21)22-10-12-4-3-5-13(17)8-12/h3-5,8-9,11H,6-7,10H2,1-2H3/t11-/m0/s1. The van der Waals surface area contributed by atoms with Crippen molar-refractivity contribution in [2.75, 3.05) is 11.9 Å². The monoisotopic (exact) mass is 303 g/mol. The van der Waals surface area contributed by atoms with Gasteiger partial charge in [-0.05, 0) is 31.0 Å². The van der Waals surface area contributed by atoms with Crippen molar-refractivity contribution in [1.29, 1.82) is 0 Å². The van der Waals surface area contributed by atoms with Crippen LogP contribution in [0.25, 0.3) is 0 Å². The summed E-state index contributed by atoms with van der Waals surface area (Å²) in [6.45, 7) is 2.95. The summed E-state index contributed by atoms with van der Waals surface area (Å²) in [6, 6.07) is 8.29. The molecule has 0 radical (unpaired) electrons. The maximum atomic E-state index is 13.1. The van der Waals surface area contributed by atoms with E-state index in [4.69, 9.17) is 4.74 Å². The summed E-state index contributed by atoms with van der Waals surface area (Å²) in [4.78, 5) is 18.1. The number of rotatable bonds is 3. The predicted molar refractivity (Wildman–Crippen MR) is 81.7 cm³/mol. The van der Waals surface area contributed by atoms with E-state index in [1.54, 1.807) is 22.8 Å². The molecule has 0 fully saturated rings. The molecule has 0 aliphatic carbocycles. The average Bonchev–Trinajstić information content (AvgIpc) is 2.49. The highest BCUT2D eigenvalue weighted by atomic mass is 19.1. The summed E-state index contributed by atoms with van der Waals surface area (Å²) >= 11 is 0. The smallest absolute Gasteiger partial charge is 0.352 e. The summed E-state index contributed by atoms with van der Waals surface area (Å²) in [5.74, 6) is 0.752. The summed E-state index contributed by atoms with van der Waals surface area (Å²) in [5, 5.41) is 0. The van der Waals surface area contributed by atoms with E-state index in [-0.39, 0.29) is 24.0 Å². The highest BCUT2D eigenvalue weighted by Crippen LogP contribution is 2.24. The summed E-state index contributed by atoms with van der Waals surface area (Å²) in [7, 11) is 1.95. The first-order valence-corrected chi connectivity index (χ1v) is 7.26. The van der Waals surface area contributed by atoms with Crippen LogP contribution in [0.15, 0.2) is 35.1 Å². The third-order valence-electron chi connectivity index (χ3n) is 4.03. The van der Waals surface area contributed by atoms with Gasteiger partial charge in [0.2, 0.25) is 5.88 Å². The van der Waals surface area contributed by atoms with Gasteiger partial charge in [0.1, 0.15) is 18.2 Å². The Hall–Kier alpha value is -2.37. The zero-order valence-corrected chi connectivity index (χ0v) is 12.6. The second-order valence-electron chi connectivity index (χ2n) is 5.55. The van der Waals surface area contributed by atoms with E-state index in [2.05, 4.69) is 11.9 Å². The van der Waals surface area contributed by atoms with Crippen LogP contribution < -0.4 is 15.3 Å². The minimum Gasteiger partial charge on any atom is -0.473 e. The molecule has 6 heteroatoms. The number of ether oxygens (including phenoxy) is 1. The van der Waals surface area contributed by atoms with E-state index in [0.29, 0.717) is 18.2 Å². The lowest BCUT2D eigenvalue weighted by Gasteiger charge is -2.34. The maximum Gasteiger partial charge on any atom is 0.352 e. The van der Waals surface area contributed by atoms with Gasteiger partial charge < -0.3 is 9.64 Å². The Labute approximate surface area is 128 Å². The van der Waals surface area contributed by atoms with Crippen molar-refractivity contribution in [2.45, 2.75) is 32.5 Å². The van der Waals surface area contributed by atoms with Gasteiger partial charge in [0.15, 0.2) is 0 Å². The van der Waals surface area contributed by atoms with Crippen LogP contribution in [0, 0.1) is 5.82 Å². The average molecular weight is 303 g/mol. The van der Waals surface area contributed by atoms with Gasteiger partial charge in [-0.1, -0.05) is 12.1 Å². The van der Waals surface area contributed by atoms with Crippen LogP contribution in [-0.4, -0.2) is 22.6 Å². The second kappa shape index (κ2) is 5.79. The number of aromatic nitrogens is 2. The zero-order chi connectivity index (χ0) is 15.7. The fourth-order valence-corrected chi connectivity index (χ4v) is 2.57. The van der Waals surface area contributed by atoms with Gasteiger partial charge in [0.05, 0.1) is 0 Å². The Bertz CT molecular complexity index is 744. The van der Waals surface area contributed by atoms with Gasteiger partial charge in [-0.3, -0.25) is 4.57 Å². The fraction of sp³-hybridized carbons (Fsp3) is 0.375. The SMILES string of the molecule is C[C@H]1CCn2c(cc(OCc3cccc(F)c3)nc2=O)N1C. The zero-order valence-electron chi connectivity index (χ0n) is 12.6. The molecular formula is C16H18FN3O2. The number of hydrogen-bond donors (Lipinski definition) is 0. The molecule has 2 heterocycles. The van der Waals surface area contributed by atoms with Crippen molar-refractivity contribution < 1.29 is 9.13 Å². The van der Waals surface area contributed by atoms with Crippen LogP contribution in [0.5, 0.6) is 5.88 Å². The molecule has 0 saturated heterocycles. The quantitative estimate of drug-likeness (QED) is 0.872. The molecule has 0 unspecified atom stereocenters. The van der Waals surface area contributed by atoms with Gasteiger partial charge >= 0.3 is 5.69 Å². The molecule has 0 N–H and O–H groups in total. The lowest BCUT2D eigenvalue weighted by Crippen LogP contribution is -2.41. The predicted octanol–water partition coefficient (Wildman–Crippen LogP) is 2.19. The molecule has 0 amide bonds. The molecule has 0 spiro atoms. The van der Waals surface area contributed by atoms with E-state index in [9.17, 15) is 9.18 Å².